The molecule has 1 saturated heterocycles. The van der Waals surface area contributed by atoms with E-state index in [4.69, 9.17) is 25.7 Å². The normalized spacial score (nSPS) is 23.0. The first-order valence-electron chi connectivity index (χ1n) is 7.10. The van der Waals surface area contributed by atoms with Crippen LogP contribution in [0.3, 0.4) is 0 Å². The summed E-state index contributed by atoms with van der Waals surface area (Å²) in [6.45, 7) is 0.736. The molecule has 0 bridgehead atoms. The van der Waals surface area contributed by atoms with Crippen LogP contribution in [0.1, 0.15) is 18.4 Å². The van der Waals surface area contributed by atoms with Crippen molar-refractivity contribution < 1.29 is 19.0 Å². The van der Waals surface area contributed by atoms with Gasteiger partial charge in [0.1, 0.15) is 18.9 Å². The molecule has 0 amide bonds. The van der Waals surface area contributed by atoms with Gasteiger partial charge in [0.25, 0.3) is 0 Å². The molecule has 0 unspecified atom stereocenters. The Morgan fingerprint density at radius 1 is 1.33 bits per heavy atom. The Morgan fingerprint density at radius 3 is 2.76 bits per heavy atom. The lowest BCUT2D eigenvalue weighted by Crippen LogP contribution is -2.38. The van der Waals surface area contributed by atoms with Gasteiger partial charge in [0.2, 0.25) is 0 Å². The summed E-state index contributed by atoms with van der Waals surface area (Å²) in [6.07, 6.45) is 1.21. The van der Waals surface area contributed by atoms with Crippen molar-refractivity contribution in [3.63, 3.8) is 0 Å². The highest BCUT2D eigenvalue weighted by atomic mass is 16.6. The molecule has 6 nitrogen and oxygen atoms in total. The van der Waals surface area contributed by atoms with Crippen molar-refractivity contribution >= 4 is 5.97 Å². The zero-order chi connectivity index (χ0) is 15.1. The van der Waals surface area contributed by atoms with Crippen molar-refractivity contribution in [3.8, 4) is 0 Å². The maximum Gasteiger partial charge on any atom is 0.325 e. The van der Waals surface area contributed by atoms with Crippen molar-refractivity contribution in [3.05, 3.63) is 35.9 Å². The van der Waals surface area contributed by atoms with E-state index in [-0.39, 0.29) is 25.5 Å². The van der Waals surface area contributed by atoms with Gasteiger partial charge in [-0.05, 0) is 18.4 Å². The predicted molar refractivity (Wildman–Crippen MR) is 77.1 cm³/mol. The number of hydrogen-bond acceptors (Lipinski definition) is 6. The smallest absolute Gasteiger partial charge is 0.325 e. The number of carbonyl (C=O) groups excluding carboxylic acids is 1. The molecule has 0 spiro atoms. The van der Waals surface area contributed by atoms with Crippen LogP contribution in [0.2, 0.25) is 0 Å². The van der Waals surface area contributed by atoms with Crippen molar-refractivity contribution in [2.75, 3.05) is 13.2 Å². The summed E-state index contributed by atoms with van der Waals surface area (Å²) in [5.41, 5.74) is 12.4. The van der Waals surface area contributed by atoms with Crippen LogP contribution >= 0.6 is 0 Å². The molecule has 0 saturated carbocycles. The lowest BCUT2D eigenvalue weighted by molar-refractivity contribution is -0.150. The Labute approximate surface area is 124 Å². The summed E-state index contributed by atoms with van der Waals surface area (Å²) in [5, 5.41) is 0. The Balaban J connectivity index is 1.61. The zero-order valence-corrected chi connectivity index (χ0v) is 11.9. The molecule has 1 aliphatic rings. The minimum absolute atomic E-state index is 0.124. The topological polar surface area (TPSA) is 96.8 Å². The SMILES string of the molecule is N[C@H]1CC[C@@H](COC(=O)[C@@H](N)COCc2ccccc2)O1. The molecular weight excluding hydrogens is 272 g/mol. The summed E-state index contributed by atoms with van der Waals surface area (Å²) >= 11 is 0. The third kappa shape index (κ3) is 5.43. The maximum absolute atomic E-state index is 11.7. The van der Waals surface area contributed by atoms with Gasteiger partial charge in [-0.1, -0.05) is 30.3 Å². The lowest BCUT2D eigenvalue weighted by atomic mass is 10.2. The highest BCUT2D eigenvalue weighted by molar-refractivity contribution is 5.75. The number of benzene rings is 1. The van der Waals surface area contributed by atoms with Crippen molar-refractivity contribution in [1.82, 2.24) is 0 Å². The number of carbonyl (C=O) groups is 1. The molecule has 0 radical (unpaired) electrons. The first-order chi connectivity index (χ1) is 10.1. The number of esters is 1. The molecule has 2 rings (SSSR count). The van der Waals surface area contributed by atoms with E-state index in [0.717, 1.165) is 18.4 Å². The number of rotatable bonds is 7. The van der Waals surface area contributed by atoms with Gasteiger partial charge in [-0.2, -0.15) is 0 Å². The third-order valence-corrected chi connectivity index (χ3v) is 3.26. The van der Waals surface area contributed by atoms with Gasteiger partial charge in [0.05, 0.1) is 19.3 Å². The van der Waals surface area contributed by atoms with Gasteiger partial charge >= 0.3 is 5.97 Å². The molecule has 1 fully saturated rings. The fourth-order valence-corrected chi connectivity index (χ4v) is 2.08. The highest BCUT2D eigenvalue weighted by Crippen LogP contribution is 2.16. The lowest BCUT2D eigenvalue weighted by Gasteiger charge is -2.15. The molecule has 21 heavy (non-hydrogen) atoms. The summed E-state index contributed by atoms with van der Waals surface area (Å²) in [6, 6.07) is 8.90. The summed E-state index contributed by atoms with van der Waals surface area (Å²) in [4.78, 5) is 11.7. The average Bonchev–Trinajstić information content (AvgIpc) is 2.91. The van der Waals surface area contributed by atoms with Crippen LogP contribution in [0.5, 0.6) is 0 Å². The van der Waals surface area contributed by atoms with E-state index < -0.39 is 12.0 Å². The third-order valence-electron chi connectivity index (χ3n) is 3.26. The minimum Gasteiger partial charge on any atom is -0.462 e. The van der Waals surface area contributed by atoms with Gasteiger partial charge < -0.3 is 25.7 Å². The van der Waals surface area contributed by atoms with Gasteiger partial charge in [-0.25, -0.2) is 0 Å². The molecule has 3 atom stereocenters. The van der Waals surface area contributed by atoms with Crippen LogP contribution in [0.15, 0.2) is 30.3 Å². The van der Waals surface area contributed by atoms with Crippen molar-refractivity contribution in [2.24, 2.45) is 11.5 Å². The van der Waals surface area contributed by atoms with E-state index >= 15 is 0 Å². The maximum atomic E-state index is 11.7. The first kappa shape index (κ1) is 15.9. The molecule has 116 valence electrons. The fraction of sp³-hybridized carbons (Fsp3) is 0.533. The molecule has 1 heterocycles. The second-order valence-electron chi connectivity index (χ2n) is 5.11. The molecule has 6 heteroatoms. The van der Waals surface area contributed by atoms with E-state index in [1.165, 1.54) is 0 Å². The van der Waals surface area contributed by atoms with Crippen LogP contribution < -0.4 is 11.5 Å². The zero-order valence-electron chi connectivity index (χ0n) is 11.9. The quantitative estimate of drug-likeness (QED) is 0.712. The Bertz CT molecular complexity index is 441. The fourth-order valence-electron chi connectivity index (χ4n) is 2.08. The molecule has 1 aliphatic heterocycles. The first-order valence-corrected chi connectivity index (χ1v) is 7.10. The standard InChI is InChI=1S/C15H22N2O4/c16-13(10-19-8-11-4-2-1-3-5-11)15(18)20-9-12-6-7-14(17)21-12/h1-5,12-14H,6-10,16-17H2/t12-,13-,14+/m0/s1. The number of ether oxygens (including phenoxy) is 3. The van der Waals surface area contributed by atoms with Gasteiger partial charge in [0.15, 0.2) is 0 Å². The summed E-state index contributed by atoms with van der Waals surface area (Å²) < 4.78 is 15.9. The van der Waals surface area contributed by atoms with E-state index in [2.05, 4.69) is 0 Å². The van der Waals surface area contributed by atoms with E-state index in [1.807, 2.05) is 30.3 Å². The monoisotopic (exact) mass is 294 g/mol. The van der Waals surface area contributed by atoms with Crippen LogP contribution in [0.4, 0.5) is 0 Å². The van der Waals surface area contributed by atoms with Crippen LogP contribution in [-0.4, -0.2) is 37.6 Å². The van der Waals surface area contributed by atoms with Crippen LogP contribution in [0.25, 0.3) is 0 Å². The Hall–Kier alpha value is -1.47. The largest absolute Gasteiger partial charge is 0.462 e. The van der Waals surface area contributed by atoms with E-state index in [0.29, 0.717) is 6.61 Å². The number of hydrogen-bond donors (Lipinski definition) is 2. The van der Waals surface area contributed by atoms with Crippen LogP contribution in [0, 0.1) is 0 Å². The van der Waals surface area contributed by atoms with Gasteiger partial charge in [-0.15, -0.1) is 0 Å². The summed E-state index contributed by atoms with van der Waals surface area (Å²) in [7, 11) is 0. The second kappa shape index (κ2) is 8.09. The minimum atomic E-state index is -0.788. The molecule has 4 N–H and O–H groups in total. The van der Waals surface area contributed by atoms with Gasteiger partial charge in [-0.3, -0.25) is 4.79 Å². The highest BCUT2D eigenvalue weighted by Gasteiger charge is 2.24. The molecule has 0 aromatic heterocycles. The Kier molecular flexibility index (Phi) is 6.13. The van der Waals surface area contributed by atoms with Crippen molar-refractivity contribution in [1.29, 1.82) is 0 Å². The Morgan fingerprint density at radius 2 is 2.10 bits per heavy atom. The molecular formula is C15H22N2O4. The van der Waals surface area contributed by atoms with E-state index in [1.54, 1.807) is 0 Å². The van der Waals surface area contributed by atoms with Gasteiger partial charge in [0, 0.05) is 0 Å². The average molecular weight is 294 g/mol. The number of nitrogens with two attached hydrogens (primary N) is 2. The van der Waals surface area contributed by atoms with E-state index in [9.17, 15) is 4.79 Å². The predicted octanol–water partition coefficient (Wildman–Crippen LogP) is 0.538. The molecule has 1 aromatic carbocycles. The van der Waals surface area contributed by atoms with Crippen molar-refractivity contribution in [2.45, 2.75) is 37.8 Å². The van der Waals surface area contributed by atoms with Crippen LogP contribution in [-0.2, 0) is 25.6 Å². The molecule has 1 aromatic rings. The summed E-state index contributed by atoms with van der Waals surface area (Å²) in [5.74, 6) is -0.480. The molecule has 0 aliphatic carbocycles. The second-order valence-corrected chi connectivity index (χ2v) is 5.11.